The normalized spacial score (nSPS) is 13.5. The Bertz CT molecular complexity index is 1340. The van der Waals surface area contributed by atoms with Gasteiger partial charge in [0.25, 0.3) is 0 Å². The number of hydrogen-bond donors (Lipinski definition) is 1. The first kappa shape index (κ1) is 20.8. The van der Waals surface area contributed by atoms with Gasteiger partial charge < -0.3 is 5.32 Å². The summed E-state index contributed by atoms with van der Waals surface area (Å²) in [5, 5.41) is 9.75. The molecule has 0 bridgehead atoms. The van der Waals surface area contributed by atoms with E-state index in [9.17, 15) is 4.79 Å². The highest BCUT2D eigenvalue weighted by molar-refractivity contribution is 6.30. The van der Waals surface area contributed by atoms with E-state index >= 15 is 0 Å². The standard InChI is InChI=1S/C25H19ClN6O/c26-19-7-4-8-20(16-19)29-25-28-14-12-21(30-25)18-11-13-27-23(15-18)32-24(33)10-9-22(31-32)17-5-2-1-3-6-17/h1-8,11-16H,9-10H2,(H,28,29,30). The van der Waals surface area contributed by atoms with Crippen molar-refractivity contribution in [3.8, 4) is 11.3 Å². The second-order valence-electron chi connectivity index (χ2n) is 7.42. The van der Waals surface area contributed by atoms with Gasteiger partial charge in [0, 0.05) is 41.5 Å². The van der Waals surface area contributed by atoms with Crippen LogP contribution in [-0.4, -0.2) is 26.6 Å². The van der Waals surface area contributed by atoms with E-state index in [-0.39, 0.29) is 5.91 Å². The third kappa shape index (κ3) is 4.73. The minimum atomic E-state index is -0.0923. The van der Waals surface area contributed by atoms with Gasteiger partial charge in [-0.3, -0.25) is 4.79 Å². The zero-order valence-electron chi connectivity index (χ0n) is 17.5. The molecule has 33 heavy (non-hydrogen) atoms. The molecule has 1 aliphatic heterocycles. The van der Waals surface area contributed by atoms with Gasteiger partial charge >= 0.3 is 0 Å². The van der Waals surface area contributed by atoms with Crippen LogP contribution in [0, 0.1) is 0 Å². The summed E-state index contributed by atoms with van der Waals surface area (Å²) in [5.41, 5.74) is 4.13. The molecule has 0 unspecified atom stereocenters. The molecule has 8 heteroatoms. The molecule has 1 N–H and O–H groups in total. The Kier molecular flexibility index (Phi) is 5.78. The van der Waals surface area contributed by atoms with Gasteiger partial charge in [-0.05, 0) is 42.0 Å². The molecule has 2 aromatic heterocycles. The van der Waals surface area contributed by atoms with Crippen LogP contribution in [0.3, 0.4) is 0 Å². The Morgan fingerprint density at radius 1 is 0.848 bits per heavy atom. The van der Waals surface area contributed by atoms with E-state index in [0.29, 0.717) is 35.3 Å². The van der Waals surface area contributed by atoms with Crippen molar-refractivity contribution in [2.45, 2.75) is 12.8 Å². The summed E-state index contributed by atoms with van der Waals surface area (Å²) in [7, 11) is 0. The van der Waals surface area contributed by atoms with E-state index in [0.717, 1.165) is 22.5 Å². The highest BCUT2D eigenvalue weighted by Crippen LogP contribution is 2.26. The van der Waals surface area contributed by atoms with Crippen molar-refractivity contribution in [2.24, 2.45) is 5.10 Å². The largest absolute Gasteiger partial charge is 0.324 e. The van der Waals surface area contributed by atoms with Gasteiger partial charge in [-0.15, -0.1) is 0 Å². The zero-order chi connectivity index (χ0) is 22.6. The molecule has 3 heterocycles. The highest BCUT2D eigenvalue weighted by atomic mass is 35.5. The first-order valence-electron chi connectivity index (χ1n) is 10.4. The first-order valence-corrected chi connectivity index (χ1v) is 10.8. The fourth-order valence-electron chi connectivity index (χ4n) is 3.54. The number of benzene rings is 2. The summed E-state index contributed by atoms with van der Waals surface area (Å²) in [6, 6.07) is 22.6. The van der Waals surface area contributed by atoms with E-state index < -0.39 is 0 Å². The number of amides is 1. The number of nitrogens with zero attached hydrogens (tertiary/aromatic N) is 5. The number of carbonyl (C=O) groups is 1. The topological polar surface area (TPSA) is 83.4 Å². The zero-order valence-corrected chi connectivity index (χ0v) is 18.3. The molecular formula is C25H19ClN6O. The summed E-state index contributed by atoms with van der Waals surface area (Å²) in [6.07, 6.45) is 4.30. The van der Waals surface area contributed by atoms with Gasteiger partial charge in [-0.25, -0.2) is 15.0 Å². The lowest BCUT2D eigenvalue weighted by molar-refractivity contribution is -0.118. The SMILES string of the molecule is O=C1CCC(c2ccccc2)=NN1c1cc(-c2ccnc(Nc3cccc(Cl)c3)n2)ccn1. The van der Waals surface area contributed by atoms with Crippen molar-refractivity contribution >= 4 is 40.7 Å². The van der Waals surface area contributed by atoms with E-state index in [4.69, 9.17) is 11.6 Å². The average molecular weight is 455 g/mol. The molecule has 0 saturated carbocycles. The molecule has 0 atom stereocenters. The van der Waals surface area contributed by atoms with E-state index in [1.54, 1.807) is 36.7 Å². The Labute approximate surface area is 195 Å². The summed E-state index contributed by atoms with van der Waals surface area (Å²) < 4.78 is 0. The number of halogens is 1. The maximum absolute atomic E-state index is 12.6. The number of hydrogen-bond acceptors (Lipinski definition) is 6. The minimum Gasteiger partial charge on any atom is -0.324 e. The molecule has 0 fully saturated rings. The third-order valence-electron chi connectivity index (χ3n) is 5.13. The van der Waals surface area contributed by atoms with Crippen LogP contribution in [0.1, 0.15) is 18.4 Å². The molecule has 4 aromatic rings. The van der Waals surface area contributed by atoms with Crippen LogP contribution in [0.4, 0.5) is 17.5 Å². The smallest absolute Gasteiger partial charge is 0.249 e. The van der Waals surface area contributed by atoms with Gasteiger partial charge in [0.05, 0.1) is 11.4 Å². The van der Waals surface area contributed by atoms with Gasteiger partial charge in [0.1, 0.15) is 0 Å². The number of carbonyl (C=O) groups excluding carboxylic acids is 1. The quantitative estimate of drug-likeness (QED) is 0.432. The second kappa shape index (κ2) is 9.18. The lowest BCUT2D eigenvalue weighted by Crippen LogP contribution is -2.32. The van der Waals surface area contributed by atoms with Crippen molar-refractivity contribution in [1.82, 2.24) is 15.0 Å². The third-order valence-corrected chi connectivity index (χ3v) is 5.37. The number of nitrogens with one attached hydrogen (secondary N) is 1. The number of rotatable bonds is 5. The summed E-state index contributed by atoms with van der Waals surface area (Å²) in [6.45, 7) is 0. The number of hydrazone groups is 1. The molecule has 7 nitrogen and oxygen atoms in total. The van der Waals surface area contributed by atoms with Crippen LogP contribution in [0.5, 0.6) is 0 Å². The summed E-state index contributed by atoms with van der Waals surface area (Å²) >= 11 is 6.06. The van der Waals surface area contributed by atoms with Crippen LogP contribution in [0.25, 0.3) is 11.3 Å². The first-order chi connectivity index (χ1) is 16.2. The Hall–Kier alpha value is -4.10. The van der Waals surface area contributed by atoms with Gasteiger partial charge in [-0.1, -0.05) is 48.0 Å². The van der Waals surface area contributed by atoms with Crippen LogP contribution in [0.2, 0.25) is 5.02 Å². The molecule has 0 aliphatic carbocycles. The lowest BCUT2D eigenvalue weighted by atomic mass is 10.0. The molecule has 0 saturated heterocycles. The van der Waals surface area contributed by atoms with E-state index in [1.807, 2.05) is 48.5 Å². The molecular weight excluding hydrogens is 436 g/mol. The van der Waals surface area contributed by atoms with Crippen molar-refractivity contribution in [3.05, 3.63) is 95.8 Å². The molecule has 5 rings (SSSR count). The minimum absolute atomic E-state index is 0.0923. The predicted molar refractivity (Wildman–Crippen MR) is 130 cm³/mol. The van der Waals surface area contributed by atoms with Crippen LogP contribution >= 0.6 is 11.6 Å². The highest BCUT2D eigenvalue weighted by Gasteiger charge is 2.24. The van der Waals surface area contributed by atoms with Crippen LogP contribution < -0.4 is 10.3 Å². The van der Waals surface area contributed by atoms with Crippen molar-refractivity contribution in [2.75, 3.05) is 10.3 Å². The maximum Gasteiger partial charge on any atom is 0.249 e. The molecule has 0 spiro atoms. The average Bonchev–Trinajstić information content (AvgIpc) is 2.85. The van der Waals surface area contributed by atoms with Crippen LogP contribution in [-0.2, 0) is 4.79 Å². The molecule has 1 aliphatic rings. The second-order valence-corrected chi connectivity index (χ2v) is 7.86. The van der Waals surface area contributed by atoms with E-state index in [1.165, 1.54) is 5.01 Å². The Balaban J connectivity index is 1.44. The summed E-state index contributed by atoms with van der Waals surface area (Å²) in [5.74, 6) is 0.797. The van der Waals surface area contributed by atoms with Crippen molar-refractivity contribution < 1.29 is 4.79 Å². The fourth-order valence-corrected chi connectivity index (χ4v) is 3.73. The molecule has 2 aromatic carbocycles. The van der Waals surface area contributed by atoms with Gasteiger partial charge in [0.15, 0.2) is 5.82 Å². The molecule has 162 valence electrons. The fraction of sp³-hybridized carbons (Fsp3) is 0.0800. The van der Waals surface area contributed by atoms with E-state index in [2.05, 4.69) is 25.4 Å². The number of aromatic nitrogens is 3. The summed E-state index contributed by atoms with van der Waals surface area (Å²) in [4.78, 5) is 25.9. The number of anilines is 3. The predicted octanol–water partition coefficient (Wildman–Crippen LogP) is 5.47. The van der Waals surface area contributed by atoms with Gasteiger partial charge in [0.2, 0.25) is 11.9 Å². The van der Waals surface area contributed by atoms with Crippen molar-refractivity contribution in [1.29, 1.82) is 0 Å². The van der Waals surface area contributed by atoms with Gasteiger partial charge in [-0.2, -0.15) is 10.1 Å². The maximum atomic E-state index is 12.6. The van der Waals surface area contributed by atoms with Crippen molar-refractivity contribution in [3.63, 3.8) is 0 Å². The lowest BCUT2D eigenvalue weighted by Gasteiger charge is -2.23. The monoisotopic (exact) mass is 454 g/mol. The Morgan fingerprint density at radius 3 is 2.55 bits per heavy atom. The molecule has 0 radical (unpaired) electrons. The van der Waals surface area contributed by atoms with Crippen LogP contribution in [0.15, 0.2) is 90.3 Å². The Morgan fingerprint density at radius 2 is 1.70 bits per heavy atom. The molecule has 1 amide bonds. The number of pyridine rings is 1.